The maximum absolute atomic E-state index is 12.5. The molecule has 3 rings (SSSR count). The van der Waals surface area contributed by atoms with Crippen LogP contribution in [-0.2, 0) is 11.2 Å². The van der Waals surface area contributed by atoms with Crippen LogP contribution in [0.4, 0.5) is 11.6 Å². The van der Waals surface area contributed by atoms with Gasteiger partial charge in [0, 0.05) is 12.1 Å². The standard InChI is InChI=1S/C19H31N5O2/c1-3-5-12-26-19-21-17(20)15-13-16(25)24(18(15)22-19)11-8-14-6-9-23(4-2)10-7-14/h14H,3-13H2,1-2H3,(H2,20,21,22). The van der Waals surface area contributed by atoms with Crippen molar-refractivity contribution >= 4 is 17.5 Å². The summed E-state index contributed by atoms with van der Waals surface area (Å²) in [6, 6.07) is 0.283. The average Bonchev–Trinajstić information content (AvgIpc) is 2.97. The minimum atomic E-state index is 0.0673. The zero-order valence-corrected chi connectivity index (χ0v) is 16.0. The number of fused-ring (bicyclic) bond motifs is 1. The van der Waals surface area contributed by atoms with Gasteiger partial charge in [0.15, 0.2) is 0 Å². The number of hydrogen-bond donors (Lipinski definition) is 1. The molecule has 7 nitrogen and oxygen atoms in total. The number of anilines is 2. The minimum absolute atomic E-state index is 0.0673. The number of hydrogen-bond acceptors (Lipinski definition) is 6. The van der Waals surface area contributed by atoms with E-state index in [2.05, 4.69) is 28.7 Å². The smallest absolute Gasteiger partial charge is 0.320 e. The van der Waals surface area contributed by atoms with Crippen molar-refractivity contribution < 1.29 is 9.53 Å². The van der Waals surface area contributed by atoms with E-state index in [4.69, 9.17) is 10.5 Å². The van der Waals surface area contributed by atoms with Gasteiger partial charge in [-0.15, -0.1) is 0 Å². The first-order chi connectivity index (χ1) is 12.6. The van der Waals surface area contributed by atoms with Gasteiger partial charge in [-0.2, -0.15) is 9.97 Å². The van der Waals surface area contributed by atoms with E-state index in [1.165, 1.54) is 12.8 Å². The van der Waals surface area contributed by atoms with Gasteiger partial charge in [0.05, 0.1) is 13.0 Å². The normalized spacial score (nSPS) is 18.4. The van der Waals surface area contributed by atoms with E-state index in [1.54, 1.807) is 4.90 Å². The van der Waals surface area contributed by atoms with E-state index in [1.807, 2.05) is 0 Å². The second kappa shape index (κ2) is 8.66. The third kappa shape index (κ3) is 4.26. The fourth-order valence-corrected chi connectivity index (χ4v) is 3.73. The van der Waals surface area contributed by atoms with Crippen LogP contribution in [0.15, 0.2) is 0 Å². The summed E-state index contributed by atoms with van der Waals surface area (Å²) in [6.07, 6.45) is 5.71. The Morgan fingerprint density at radius 1 is 1.23 bits per heavy atom. The molecule has 2 aliphatic heterocycles. The lowest BCUT2D eigenvalue weighted by atomic mass is 9.93. The first-order valence-corrected chi connectivity index (χ1v) is 9.94. The summed E-state index contributed by atoms with van der Waals surface area (Å²) in [5.41, 5.74) is 6.80. The largest absolute Gasteiger partial charge is 0.463 e. The number of amides is 1. The van der Waals surface area contributed by atoms with Gasteiger partial charge in [-0.1, -0.05) is 20.3 Å². The number of rotatable bonds is 8. The van der Waals surface area contributed by atoms with Crippen LogP contribution in [0.3, 0.4) is 0 Å². The number of nitrogens with two attached hydrogens (primary N) is 1. The predicted molar refractivity (Wildman–Crippen MR) is 102 cm³/mol. The Kier molecular flexibility index (Phi) is 6.29. The maximum Gasteiger partial charge on any atom is 0.320 e. The summed E-state index contributed by atoms with van der Waals surface area (Å²) in [6.45, 7) is 9.04. The third-order valence-electron chi connectivity index (χ3n) is 5.53. The molecule has 0 aromatic carbocycles. The number of carbonyl (C=O) groups excluding carboxylic acids is 1. The van der Waals surface area contributed by atoms with E-state index < -0.39 is 0 Å². The highest BCUT2D eigenvalue weighted by atomic mass is 16.5. The lowest BCUT2D eigenvalue weighted by Crippen LogP contribution is -2.35. The molecule has 2 aliphatic rings. The average molecular weight is 361 g/mol. The number of ether oxygens (including phenoxy) is 1. The number of piperidine rings is 1. The predicted octanol–water partition coefficient (Wildman–Crippen LogP) is 2.25. The quantitative estimate of drug-likeness (QED) is 0.715. The van der Waals surface area contributed by atoms with Gasteiger partial charge in [-0.25, -0.2) is 0 Å². The number of aromatic nitrogens is 2. The molecule has 2 N–H and O–H groups in total. The molecule has 1 amide bonds. The molecule has 1 fully saturated rings. The molecular weight excluding hydrogens is 330 g/mol. The van der Waals surface area contributed by atoms with Gasteiger partial charge in [0.25, 0.3) is 0 Å². The van der Waals surface area contributed by atoms with Crippen LogP contribution in [0.2, 0.25) is 0 Å². The van der Waals surface area contributed by atoms with Gasteiger partial charge in [-0.05, 0) is 51.2 Å². The van der Waals surface area contributed by atoms with Gasteiger partial charge < -0.3 is 15.4 Å². The number of nitrogen functional groups attached to an aromatic ring is 1. The molecule has 1 aromatic heterocycles. The van der Waals surface area contributed by atoms with Crippen LogP contribution in [0, 0.1) is 5.92 Å². The Morgan fingerprint density at radius 3 is 2.69 bits per heavy atom. The van der Waals surface area contributed by atoms with Gasteiger partial charge >= 0.3 is 6.01 Å². The molecule has 1 saturated heterocycles. The molecule has 0 aliphatic carbocycles. The second-order valence-electron chi connectivity index (χ2n) is 7.28. The van der Waals surface area contributed by atoms with Crippen molar-refractivity contribution in [2.45, 2.75) is 52.4 Å². The summed E-state index contributed by atoms with van der Waals surface area (Å²) in [7, 11) is 0. The Morgan fingerprint density at radius 2 is 2.00 bits per heavy atom. The number of unbranched alkanes of at least 4 members (excludes halogenated alkanes) is 1. The number of carbonyl (C=O) groups is 1. The molecule has 0 spiro atoms. The van der Waals surface area contributed by atoms with Gasteiger partial charge in [0.2, 0.25) is 5.91 Å². The summed E-state index contributed by atoms with van der Waals surface area (Å²) in [5, 5.41) is 0. The van der Waals surface area contributed by atoms with Crippen LogP contribution in [-0.4, -0.2) is 53.6 Å². The van der Waals surface area contributed by atoms with E-state index in [0.29, 0.717) is 37.1 Å². The van der Waals surface area contributed by atoms with Crippen LogP contribution < -0.4 is 15.4 Å². The van der Waals surface area contributed by atoms with Crippen molar-refractivity contribution in [3.05, 3.63) is 5.56 Å². The van der Waals surface area contributed by atoms with Crippen molar-refractivity contribution in [1.29, 1.82) is 0 Å². The summed E-state index contributed by atoms with van der Waals surface area (Å²) >= 11 is 0. The minimum Gasteiger partial charge on any atom is -0.463 e. The van der Waals surface area contributed by atoms with E-state index in [-0.39, 0.29) is 11.9 Å². The SMILES string of the molecule is CCCCOc1nc(N)c2c(n1)N(CCC1CCN(CC)CC1)C(=O)C2. The lowest BCUT2D eigenvalue weighted by Gasteiger charge is -2.31. The van der Waals surface area contributed by atoms with Crippen molar-refractivity contribution in [2.24, 2.45) is 5.92 Å². The van der Waals surface area contributed by atoms with E-state index in [9.17, 15) is 4.79 Å². The van der Waals surface area contributed by atoms with E-state index in [0.717, 1.165) is 44.5 Å². The highest BCUT2D eigenvalue weighted by Gasteiger charge is 2.32. The van der Waals surface area contributed by atoms with Crippen LogP contribution >= 0.6 is 0 Å². The highest BCUT2D eigenvalue weighted by Crippen LogP contribution is 2.33. The summed E-state index contributed by atoms with van der Waals surface area (Å²) in [4.78, 5) is 25.5. The molecule has 0 atom stereocenters. The Labute approximate surface area is 155 Å². The van der Waals surface area contributed by atoms with Gasteiger partial charge in [-0.3, -0.25) is 9.69 Å². The number of likely N-dealkylation sites (tertiary alicyclic amines) is 1. The summed E-state index contributed by atoms with van der Waals surface area (Å²) in [5.74, 6) is 1.76. The molecular formula is C19H31N5O2. The molecule has 26 heavy (non-hydrogen) atoms. The topological polar surface area (TPSA) is 84.6 Å². The molecule has 0 saturated carbocycles. The fraction of sp³-hybridized carbons (Fsp3) is 0.737. The Balaban J connectivity index is 1.63. The highest BCUT2D eigenvalue weighted by molar-refractivity contribution is 6.01. The first kappa shape index (κ1) is 18.9. The molecule has 144 valence electrons. The molecule has 3 heterocycles. The Hall–Kier alpha value is -1.89. The molecule has 0 bridgehead atoms. The second-order valence-corrected chi connectivity index (χ2v) is 7.28. The zero-order chi connectivity index (χ0) is 18.5. The Bertz CT molecular complexity index is 629. The third-order valence-corrected chi connectivity index (χ3v) is 5.53. The van der Waals surface area contributed by atoms with Crippen molar-refractivity contribution in [1.82, 2.24) is 14.9 Å². The zero-order valence-electron chi connectivity index (χ0n) is 16.0. The van der Waals surface area contributed by atoms with E-state index >= 15 is 0 Å². The van der Waals surface area contributed by atoms with Crippen LogP contribution in [0.5, 0.6) is 6.01 Å². The van der Waals surface area contributed by atoms with Crippen LogP contribution in [0.25, 0.3) is 0 Å². The first-order valence-electron chi connectivity index (χ1n) is 9.94. The number of nitrogens with zero attached hydrogens (tertiary/aromatic N) is 4. The molecule has 1 aromatic rings. The van der Waals surface area contributed by atoms with Crippen molar-refractivity contribution in [3.8, 4) is 6.01 Å². The molecule has 0 radical (unpaired) electrons. The fourth-order valence-electron chi connectivity index (χ4n) is 3.73. The molecule has 7 heteroatoms. The van der Waals surface area contributed by atoms with Crippen LogP contribution in [0.1, 0.15) is 51.5 Å². The van der Waals surface area contributed by atoms with Gasteiger partial charge in [0.1, 0.15) is 11.6 Å². The van der Waals surface area contributed by atoms with Crippen molar-refractivity contribution in [2.75, 3.05) is 43.4 Å². The lowest BCUT2D eigenvalue weighted by molar-refractivity contribution is -0.117. The van der Waals surface area contributed by atoms with Crippen molar-refractivity contribution in [3.63, 3.8) is 0 Å². The monoisotopic (exact) mass is 361 g/mol. The molecule has 0 unspecified atom stereocenters. The maximum atomic E-state index is 12.5. The summed E-state index contributed by atoms with van der Waals surface area (Å²) < 4.78 is 5.61.